The van der Waals surface area contributed by atoms with E-state index in [-0.39, 0.29) is 0 Å². The van der Waals surface area contributed by atoms with Crippen molar-refractivity contribution in [3.05, 3.63) is 27.8 Å². The van der Waals surface area contributed by atoms with Crippen LogP contribution in [0.15, 0.2) is 24.3 Å². The van der Waals surface area contributed by atoms with E-state index in [9.17, 15) is 4.79 Å². The van der Waals surface area contributed by atoms with Gasteiger partial charge in [-0.05, 0) is 53.3 Å². The molecular formula is C10H12INO2. The van der Waals surface area contributed by atoms with Crippen LogP contribution in [0.1, 0.15) is 13.3 Å². The third-order valence-corrected chi connectivity index (χ3v) is 2.50. The van der Waals surface area contributed by atoms with Crippen molar-refractivity contribution in [2.45, 2.75) is 19.4 Å². The number of amides is 1. The standard InChI is InChI=1S/C10H12INO2/c1-2-9(10(12)13)14-8-5-3-7(11)4-6-8/h3-6,9H,2H2,1H3,(H2,12,13). The lowest BCUT2D eigenvalue weighted by Crippen LogP contribution is -2.32. The zero-order valence-corrected chi connectivity index (χ0v) is 10.0. The molecule has 3 nitrogen and oxygen atoms in total. The van der Waals surface area contributed by atoms with E-state index in [1.807, 2.05) is 31.2 Å². The summed E-state index contributed by atoms with van der Waals surface area (Å²) in [5.41, 5.74) is 5.16. The molecule has 0 radical (unpaired) electrons. The van der Waals surface area contributed by atoms with Gasteiger partial charge in [0.2, 0.25) is 0 Å². The van der Waals surface area contributed by atoms with Gasteiger partial charge >= 0.3 is 0 Å². The number of ether oxygens (including phenoxy) is 1. The highest BCUT2D eigenvalue weighted by molar-refractivity contribution is 14.1. The number of nitrogens with two attached hydrogens (primary N) is 1. The highest BCUT2D eigenvalue weighted by Gasteiger charge is 2.13. The van der Waals surface area contributed by atoms with Crippen molar-refractivity contribution in [1.82, 2.24) is 0 Å². The van der Waals surface area contributed by atoms with Crippen molar-refractivity contribution in [3.63, 3.8) is 0 Å². The van der Waals surface area contributed by atoms with E-state index in [4.69, 9.17) is 10.5 Å². The van der Waals surface area contributed by atoms with Crippen LogP contribution >= 0.6 is 22.6 Å². The number of rotatable bonds is 4. The van der Waals surface area contributed by atoms with Gasteiger partial charge in [0.15, 0.2) is 6.10 Å². The Balaban J connectivity index is 2.67. The van der Waals surface area contributed by atoms with E-state index in [2.05, 4.69) is 22.6 Å². The fourth-order valence-electron chi connectivity index (χ4n) is 1.02. The molecule has 14 heavy (non-hydrogen) atoms. The summed E-state index contributed by atoms with van der Waals surface area (Å²) in [7, 11) is 0. The van der Waals surface area contributed by atoms with E-state index in [1.54, 1.807) is 0 Å². The maximum atomic E-state index is 10.9. The van der Waals surface area contributed by atoms with Gasteiger partial charge in [-0.15, -0.1) is 0 Å². The minimum Gasteiger partial charge on any atom is -0.481 e. The van der Waals surface area contributed by atoms with Crippen LogP contribution in [0.3, 0.4) is 0 Å². The Labute approximate surface area is 96.8 Å². The zero-order valence-electron chi connectivity index (χ0n) is 7.87. The average Bonchev–Trinajstić information content (AvgIpc) is 2.16. The molecule has 1 atom stereocenters. The first kappa shape index (κ1) is 11.3. The van der Waals surface area contributed by atoms with Crippen LogP contribution in [0.25, 0.3) is 0 Å². The SMILES string of the molecule is CCC(Oc1ccc(I)cc1)C(N)=O. The number of halogens is 1. The van der Waals surface area contributed by atoms with Crippen molar-refractivity contribution < 1.29 is 9.53 Å². The third kappa shape index (κ3) is 3.17. The van der Waals surface area contributed by atoms with Gasteiger partial charge in [0.05, 0.1) is 0 Å². The summed E-state index contributed by atoms with van der Waals surface area (Å²) in [6.07, 6.45) is 0.0523. The fourth-order valence-corrected chi connectivity index (χ4v) is 1.38. The summed E-state index contributed by atoms with van der Waals surface area (Å²) in [6.45, 7) is 1.86. The average molecular weight is 305 g/mol. The van der Waals surface area contributed by atoms with E-state index >= 15 is 0 Å². The molecule has 0 aliphatic carbocycles. The van der Waals surface area contributed by atoms with E-state index in [0.717, 1.165) is 3.57 Å². The Kier molecular flexibility index (Phi) is 4.19. The lowest BCUT2D eigenvalue weighted by Gasteiger charge is -2.13. The molecule has 0 aromatic heterocycles. The molecule has 4 heteroatoms. The topological polar surface area (TPSA) is 52.3 Å². The third-order valence-electron chi connectivity index (χ3n) is 1.78. The minimum atomic E-state index is -0.532. The summed E-state index contributed by atoms with van der Waals surface area (Å²) in [5.74, 6) is 0.252. The summed E-state index contributed by atoms with van der Waals surface area (Å²) in [5, 5.41) is 0. The van der Waals surface area contributed by atoms with Crippen molar-refractivity contribution in [1.29, 1.82) is 0 Å². The van der Waals surface area contributed by atoms with Gasteiger partial charge in [-0.2, -0.15) is 0 Å². The van der Waals surface area contributed by atoms with Crippen molar-refractivity contribution in [2.75, 3.05) is 0 Å². The van der Waals surface area contributed by atoms with Gasteiger partial charge in [0.25, 0.3) is 5.91 Å². The lowest BCUT2D eigenvalue weighted by atomic mass is 10.2. The number of carbonyl (C=O) groups excluding carboxylic acids is 1. The highest BCUT2D eigenvalue weighted by Crippen LogP contribution is 2.15. The Bertz CT molecular complexity index is 310. The molecule has 76 valence electrons. The van der Waals surface area contributed by atoms with E-state index in [1.165, 1.54) is 0 Å². The molecule has 2 N–H and O–H groups in total. The number of benzene rings is 1. The fraction of sp³-hybridized carbons (Fsp3) is 0.300. The Morgan fingerprint density at radius 2 is 2.07 bits per heavy atom. The first-order valence-electron chi connectivity index (χ1n) is 4.35. The highest BCUT2D eigenvalue weighted by atomic mass is 127. The van der Waals surface area contributed by atoms with Crippen LogP contribution in [0, 0.1) is 3.57 Å². The molecule has 0 saturated heterocycles. The van der Waals surface area contributed by atoms with Crippen LogP contribution < -0.4 is 10.5 Å². The predicted molar refractivity (Wildman–Crippen MR) is 63.1 cm³/mol. The molecule has 1 unspecified atom stereocenters. The Morgan fingerprint density at radius 3 is 2.50 bits per heavy atom. The van der Waals surface area contributed by atoms with Crippen molar-refractivity contribution in [2.24, 2.45) is 5.73 Å². The summed E-state index contributed by atoms with van der Waals surface area (Å²) in [6, 6.07) is 7.49. The van der Waals surface area contributed by atoms with Gasteiger partial charge in [-0.1, -0.05) is 6.92 Å². The van der Waals surface area contributed by atoms with Gasteiger partial charge in [-0.25, -0.2) is 0 Å². The molecule has 0 fully saturated rings. The van der Waals surface area contributed by atoms with Gasteiger partial charge in [-0.3, -0.25) is 4.79 Å². The second kappa shape index (κ2) is 5.19. The molecule has 0 saturated carbocycles. The Morgan fingerprint density at radius 1 is 1.50 bits per heavy atom. The molecule has 0 aliphatic heterocycles. The summed E-state index contributed by atoms with van der Waals surface area (Å²) >= 11 is 2.21. The van der Waals surface area contributed by atoms with Crippen molar-refractivity contribution in [3.8, 4) is 5.75 Å². The van der Waals surface area contributed by atoms with Crippen LogP contribution in [-0.4, -0.2) is 12.0 Å². The number of hydrogen-bond donors (Lipinski definition) is 1. The monoisotopic (exact) mass is 305 g/mol. The Hall–Kier alpha value is -0.780. The number of primary amides is 1. The van der Waals surface area contributed by atoms with E-state index in [0.29, 0.717) is 12.2 Å². The largest absolute Gasteiger partial charge is 0.481 e. The molecule has 1 rings (SSSR count). The zero-order chi connectivity index (χ0) is 10.6. The maximum absolute atomic E-state index is 10.9. The first-order chi connectivity index (χ1) is 6.63. The summed E-state index contributed by atoms with van der Waals surface area (Å²) < 4.78 is 6.53. The van der Waals surface area contributed by atoms with Gasteiger partial charge in [0.1, 0.15) is 5.75 Å². The molecule has 0 aliphatic rings. The quantitative estimate of drug-likeness (QED) is 0.864. The number of carbonyl (C=O) groups is 1. The lowest BCUT2D eigenvalue weighted by molar-refractivity contribution is -0.124. The molecule has 0 bridgehead atoms. The van der Waals surface area contributed by atoms with Crippen LogP contribution in [0.5, 0.6) is 5.75 Å². The second-order valence-electron chi connectivity index (χ2n) is 2.87. The number of hydrogen-bond acceptors (Lipinski definition) is 2. The summed E-state index contributed by atoms with van der Waals surface area (Å²) in [4.78, 5) is 10.9. The minimum absolute atomic E-state index is 0.425. The normalized spacial score (nSPS) is 12.1. The molecule has 1 aromatic rings. The molecule has 0 spiro atoms. The smallest absolute Gasteiger partial charge is 0.258 e. The molecule has 1 amide bonds. The van der Waals surface area contributed by atoms with Crippen LogP contribution in [-0.2, 0) is 4.79 Å². The molecule has 1 aromatic carbocycles. The van der Waals surface area contributed by atoms with Crippen LogP contribution in [0.4, 0.5) is 0 Å². The van der Waals surface area contributed by atoms with E-state index < -0.39 is 12.0 Å². The van der Waals surface area contributed by atoms with Gasteiger partial charge in [0, 0.05) is 3.57 Å². The molecule has 0 heterocycles. The van der Waals surface area contributed by atoms with Crippen molar-refractivity contribution >= 4 is 28.5 Å². The maximum Gasteiger partial charge on any atom is 0.258 e. The van der Waals surface area contributed by atoms with Crippen LogP contribution in [0.2, 0.25) is 0 Å². The second-order valence-corrected chi connectivity index (χ2v) is 4.12. The first-order valence-corrected chi connectivity index (χ1v) is 5.43. The predicted octanol–water partition coefficient (Wildman–Crippen LogP) is 1.93. The molecular weight excluding hydrogens is 293 g/mol. The van der Waals surface area contributed by atoms with Gasteiger partial charge < -0.3 is 10.5 Å².